The number of nitrogens with two attached hydrogens (primary N) is 1. The third kappa shape index (κ3) is 6.36. The molecule has 2 aromatic carbocycles. The Bertz CT molecular complexity index is 1030. The smallest absolute Gasteiger partial charge is 0.178 e. The van der Waals surface area contributed by atoms with Gasteiger partial charge in [-0.05, 0) is 42.0 Å². The highest BCUT2D eigenvalue weighted by Crippen LogP contribution is 2.37. The number of hydrogen-bond donors (Lipinski definition) is 3. The number of hydrogen-bond acceptors (Lipinski definition) is 7. The number of halogens is 2. The SMILES string of the molecule is CS(=O)[C@H](Sc1nnc(-c2ccc(Cl)cc2)s1)[C@@H](NNC(N)=S)c1ccc(Cl)cc1. The number of thiocarbonyl (C=S) groups is 1. The number of thioether (sulfide) groups is 1. The Labute approximate surface area is 200 Å². The summed E-state index contributed by atoms with van der Waals surface area (Å²) < 4.78 is 13.0. The first-order chi connectivity index (χ1) is 14.3. The predicted molar refractivity (Wildman–Crippen MR) is 131 cm³/mol. The van der Waals surface area contributed by atoms with Crippen LogP contribution < -0.4 is 16.6 Å². The van der Waals surface area contributed by atoms with Crippen LogP contribution in [0.5, 0.6) is 0 Å². The average Bonchev–Trinajstić information content (AvgIpc) is 3.17. The third-order valence-corrected chi connectivity index (χ3v) is 8.62. The molecule has 3 rings (SSSR count). The standard InChI is InChI=1S/C18H17Cl2N5OS4/c1-30(26)16(14(22-24-17(21)27)10-2-6-12(19)7-3-10)29-18-25-23-15(28-18)11-4-8-13(20)9-5-11/h2-9,14,16,22H,1H3,(H3,21,24,27)/t14-,16-,30?/m0/s1. The zero-order valence-electron chi connectivity index (χ0n) is 15.5. The first-order valence-electron chi connectivity index (χ1n) is 8.48. The maximum absolute atomic E-state index is 12.7. The Morgan fingerprint density at radius 1 is 1.13 bits per heavy atom. The van der Waals surface area contributed by atoms with Crippen LogP contribution in [0.2, 0.25) is 10.0 Å². The average molecular weight is 519 g/mol. The van der Waals surface area contributed by atoms with Crippen LogP contribution in [0.4, 0.5) is 0 Å². The molecule has 0 amide bonds. The molecule has 30 heavy (non-hydrogen) atoms. The molecule has 3 atom stereocenters. The molecule has 0 fully saturated rings. The normalized spacial score (nSPS) is 14.1. The minimum absolute atomic E-state index is 0.0838. The molecule has 1 aromatic heterocycles. The van der Waals surface area contributed by atoms with Crippen molar-refractivity contribution in [3.63, 3.8) is 0 Å². The Morgan fingerprint density at radius 2 is 1.73 bits per heavy atom. The minimum Gasteiger partial charge on any atom is -0.375 e. The highest BCUT2D eigenvalue weighted by atomic mass is 35.5. The monoisotopic (exact) mass is 517 g/mol. The molecule has 1 heterocycles. The van der Waals surface area contributed by atoms with E-state index < -0.39 is 15.4 Å². The molecule has 0 aliphatic rings. The van der Waals surface area contributed by atoms with Crippen LogP contribution in [0, 0.1) is 0 Å². The largest absolute Gasteiger partial charge is 0.375 e. The topological polar surface area (TPSA) is 92.9 Å². The van der Waals surface area contributed by atoms with Crippen LogP contribution in [0.15, 0.2) is 52.9 Å². The van der Waals surface area contributed by atoms with E-state index in [0.717, 1.165) is 16.1 Å². The number of rotatable bonds is 8. The molecule has 0 saturated heterocycles. The van der Waals surface area contributed by atoms with Crippen LogP contribution in [-0.4, -0.2) is 30.4 Å². The highest BCUT2D eigenvalue weighted by Gasteiger charge is 2.29. The Morgan fingerprint density at radius 3 is 2.30 bits per heavy atom. The minimum atomic E-state index is -1.23. The summed E-state index contributed by atoms with van der Waals surface area (Å²) in [7, 11) is -1.23. The van der Waals surface area contributed by atoms with Crippen LogP contribution in [0.3, 0.4) is 0 Å². The van der Waals surface area contributed by atoms with Crippen molar-refractivity contribution in [2.75, 3.05) is 6.26 Å². The van der Waals surface area contributed by atoms with Crippen molar-refractivity contribution in [2.45, 2.75) is 15.0 Å². The summed E-state index contributed by atoms with van der Waals surface area (Å²) in [6.07, 6.45) is 1.64. The predicted octanol–water partition coefficient (Wildman–Crippen LogP) is 4.39. The summed E-state index contributed by atoms with van der Waals surface area (Å²) in [5.74, 6) is 0. The second-order valence-corrected chi connectivity index (χ2v) is 11.5. The molecule has 4 N–H and O–H groups in total. The fourth-order valence-corrected chi connectivity index (χ4v) is 6.41. The van der Waals surface area contributed by atoms with Gasteiger partial charge in [-0.1, -0.05) is 70.6 Å². The van der Waals surface area contributed by atoms with E-state index in [-0.39, 0.29) is 11.2 Å². The molecule has 0 aliphatic heterocycles. The van der Waals surface area contributed by atoms with E-state index in [2.05, 4.69) is 21.0 Å². The summed E-state index contributed by atoms with van der Waals surface area (Å²) >= 11 is 19.7. The zero-order valence-corrected chi connectivity index (χ0v) is 20.3. The third-order valence-electron chi connectivity index (χ3n) is 3.89. The van der Waals surface area contributed by atoms with E-state index >= 15 is 0 Å². The molecule has 0 bridgehead atoms. The number of benzene rings is 2. The fourth-order valence-electron chi connectivity index (χ4n) is 2.52. The summed E-state index contributed by atoms with van der Waals surface area (Å²) in [6, 6.07) is 14.3. The van der Waals surface area contributed by atoms with E-state index in [1.54, 1.807) is 30.5 Å². The molecule has 0 spiro atoms. The van der Waals surface area contributed by atoms with Crippen LogP contribution in [0.1, 0.15) is 11.6 Å². The van der Waals surface area contributed by atoms with Crippen LogP contribution in [0.25, 0.3) is 10.6 Å². The maximum Gasteiger partial charge on any atom is 0.178 e. The van der Waals surface area contributed by atoms with E-state index in [1.165, 1.54) is 23.1 Å². The van der Waals surface area contributed by atoms with Gasteiger partial charge in [0.25, 0.3) is 0 Å². The quantitative estimate of drug-likeness (QED) is 0.230. The second-order valence-electron chi connectivity index (χ2n) is 6.03. The first-order valence-corrected chi connectivity index (χ1v) is 13.0. The van der Waals surface area contributed by atoms with Gasteiger partial charge in [-0.15, -0.1) is 10.2 Å². The number of aromatic nitrogens is 2. The van der Waals surface area contributed by atoms with Crippen LogP contribution in [-0.2, 0) is 10.8 Å². The lowest BCUT2D eigenvalue weighted by Crippen LogP contribution is -2.46. The van der Waals surface area contributed by atoms with Gasteiger partial charge < -0.3 is 5.73 Å². The van der Waals surface area contributed by atoms with Crippen molar-refractivity contribution in [3.05, 3.63) is 64.1 Å². The molecule has 0 aliphatic carbocycles. The summed E-state index contributed by atoms with van der Waals surface area (Å²) in [6.45, 7) is 0. The van der Waals surface area contributed by atoms with Crippen molar-refractivity contribution < 1.29 is 4.21 Å². The molecule has 12 heteroatoms. The number of nitrogens with zero attached hydrogens (tertiary/aromatic N) is 2. The van der Waals surface area contributed by atoms with Gasteiger partial charge in [0.15, 0.2) is 9.45 Å². The molecule has 3 aromatic rings. The molecule has 0 radical (unpaired) electrons. The second kappa shape index (κ2) is 10.9. The van der Waals surface area contributed by atoms with Crippen molar-refractivity contribution in [1.29, 1.82) is 0 Å². The Kier molecular flexibility index (Phi) is 8.46. The molecular formula is C18H17Cl2N5OS4. The summed E-state index contributed by atoms with van der Waals surface area (Å²) in [5.41, 5.74) is 13.2. The van der Waals surface area contributed by atoms with Crippen molar-refractivity contribution in [2.24, 2.45) is 5.73 Å². The van der Waals surface area contributed by atoms with Gasteiger partial charge in [-0.25, -0.2) is 5.43 Å². The van der Waals surface area contributed by atoms with Gasteiger partial charge in [0.1, 0.15) is 9.59 Å². The van der Waals surface area contributed by atoms with E-state index in [0.29, 0.717) is 14.4 Å². The molecular weight excluding hydrogens is 501 g/mol. The van der Waals surface area contributed by atoms with Crippen molar-refractivity contribution >= 4 is 74.4 Å². The van der Waals surface area contributed by atoms with E-state index in [9.17, 15) is 4.21 Å². The van der Waals surface area contributed by atoms with Gasteiger partial charge in [0.2, 0.25) is 0 Å². The zero-order chi connectivity index (χ0) is 21.7. The lowest BCUT2D eigenvalue weighted by molar-refractivity contribution is 0.533. The molecule has 1 unspecified atom stereocenters. The van der Waals surface area contributed by atoms with E-state index in [4.69, 9.17) is 41.2 Å². The lowest BCUT2D eigenvalue weighted by atomic mass is 10.1. The Balaban J connectivity index is 1.86. The number of hydrazine groups is 1. The van der Waals surface area contributed by atoms with Gasteiger partial charge >= 0.3 is 0 Å². The first kappa shape index (κ1) is 23.4. The van der Waals surface area contributed by atoms with E-state index in [1.807, 2.05) is 24.3 Å². The molecule has 0 saturated carbocycles. The molecule has 158 valence electrons. The Hall–Kier alpha value is -1.27. The van der Waals surface area contributed by atoms with Crippen molar-refractivity contribution in [1.82, 2.24) is 21.0 Å². The number of nitrogens with one attached hydrogen (secondary N) is 2. The van der Waals surface area contributed by atoms with Gasteiger partial charge in [-0.2, -0.15) is 0 Å². The summed E-state index contributed by atoms with van der Waals surface area (Å²) in [5, 5.41) is 10.6. The summed E-state index contributed by atoms with van der Waals surface area (Å²) in [4.78, 5) is 0. The highest BCUT2D eigenvalue weighted by molar-refractivity contribution is 8.12. The van der Waals surface area contributed by atoms with Gasteiger partial charge in [0.05, 0.1) is 6.04 Å². The molecule has 6 nitrogen and oxygen atoms in total. The maximum atomic E-state index is 12.7. The van der Waals surface area contributed by atoms with Gasteiger partial charge in [-0.3, -0.25) is 9.63 Å². The van der Waals surface area contributed by atoms with Gasteiger partial charge in [0, 0.05) is 32.7 Å². The van der Waals surface area contributed by atoms with Crippen LogP contribution >= 0.6 is 58.5 Å². The van der Waals surface area contributed by atoms with Crippen molar-refractivity contribution in [3.8, 4) is 10.6 Å². The fraction of sp³-hybridized carbons (Fsp3) is 0.167. The lowest BCUT2D eigenvalue weighted by Gasteiger charge is -2.26.